The normalized spacial score (nSPS) is 12.0. The van der Waals surface area contributed by atoms with Crippen LogP contribution in [-0.2, 0) is 14.3 Å². The largest absolute Gasteiger partial charge is 0.466 e. The quantitative estimate of drug-likeness (QED) is 0.549. The first kappa shape index (κ1) is 14.9. The number of hydrogen-bond acceptors (Lipinski definition) is 5. The van der Waals surface area contributed by atoms with Gasteiger partial charge in [0, 0.05) is 20.6 Å². The van der Waals surface area contributed by atoms with Crippen molar-refractivity contribution in [3.8, 4) is 0 Å². The lowest BCUT2D eigenvalue weighted by Gasteiger charge is -2.13. The smallest absolute Gasteiger partial charge is 0.308 e. The van der Waals surface area contributed by atoms with Crippen molar-refractivity contribution in [3.05, 3.63) is 0 Å². The molecule has 0 fully saturated rings. The lowest BCUT2D eigenvalue weighted by atomic mass is 10.2. The van der Waals surface area contributed by atoms with E-state index in [1.54, 1.807) is 21.0 Å². The van der Waals surface area contributed by atoms with E-state index in [2.05, 4.69) is 10.1 Å². The summed E-state index contributed by atoms with van der Waals surface area (Å²) >= 11 is 0. The third-order valence-electron chi connectivity index (χ3n) is 1.86. The monoisotopic (exact) mass is 232 g/mol. The van der Waals surface area contributed by atoms with Crippen molar-refractivity contribution in [1.82, 2.24) is 10.2 Å². The second-order valence-corrected chi connectivity index (χ2v) is 3.58. The van der Waals surface area contributed by atoms with Crippen molar-refractivity contribution in [2.45, 2.75) is 19.4 Å². The Balaban J connectivity index is 3.61. The summed E-state index contributed by atoms with van der Waals surface area (Å²) in [6, 6.07) is 0. The zero-order chi connectivity index (χ0) is 12.6. The Morgan fingerprint density at radius 2 is 2.06 bits per heavy atom. The van der Waals surface area contributed by atoms with Crippen LogP contribution < -0.4 is 5.32 Å². The number of ether oxygens (including phenoxy) is 1. The fourth-order valence-electron chi connectivity index (χ4n) is 0.988. The van der Waals surface area contributed by atoms with Gasteiger partial charge in [-0.15, -0.1) is 0 Å². The van der Waals surface area contributed by atoms with E-state index in [-0.39, 0.29) is 25.4 Å². The highest BCUT2D eigenvalue weighted by Crippen LogP contribution is 1.93. The first-order chi connectivity index (χ1) is 7.47. The maximum atomic E-state index is 11.1. The molecule has 6 nitrogen and oxygen atoms in total. The molecule has 0 aliphatic rings. The molecule has 0 saturated carbocycles. The molecule has 0 radical (unpaired) electrons. The minimum absolute atomic E-state index is 0.0585. The van der Waals surface area contributed by atoms with Gasteiger partial charge in [-0.1, -0.05) is 0 Å². The van der Waals surface area contributed by atoms with Crippen LogP contribution in [-0.4, -0.2) is 61.8 Å². The molecule has 0 aliphatic heterocycles. The highest BCUT2D eigenvalue weighted by molar-refractivity contribution is 5.77. The summed E-state index contributed by atoms with van der Waals surface area (Å²) in [5, 5.41) is 12.2. The molecule has 0 aromatic carbocycles. The van der Waals surface area contributed by atoms with Crippen molar-refractivity contribution in [2.75, 3.05) is 33.8 Å². The van der Waals surface area contributed by atoms with Crippen molar-refractivity contribution in [3.63, 3.8) is 0 Å². The number of aliphatic hydroxyl groups excluding tert-OH is 1. The molecular formula is C10H20N2O4. The second-order valence-electron chi connectivity index (χ2n) is 3.58. The third kappa shape index (κ3) is 7.19. The molecule has 0 spiro atoms. The maximum Gasteiger partial charge on any atom is 0.308 e. The highest BCUT2D eigenvalue weighted by Gasteiger charge is 2.12. The number of carbonyl (C=O) groups is 2. The summed E-state index contributed by atoms with van der Waals surface area (Å²) in [6.07, 6.45) is -0.884. The summed E-state index contributed by atoms with van der Waals surface area (Å²) in [5.41, 5.74) is 0. The van der Waals surface area contributed by atoms with Crippen LogP contribution in [0.5, 0.6) is 0 Å². The summed E-state index contributed by atoms with van der Waals surface area (Å²) in [5.74, 6) is -0.515. The molecule has 0 bridgehead atoms. The predicted octanol–water partition coefficient (Wildman–Crippen LogP) is -1.02. The first-order valence-electron chi connectivity index (χ1n) is 5.22. The van der Waals surface area contributed by atoms with E-state index in [1.165, 1.54) is 4.90 Å². The van der Waals surface area contributed by atoms with Crippen LogP contribution in [0.2, 0.25) is 0 Å². The van der Waals surface area contributed by atoms with Crippen LogP contribution in [0.25, 0.3) is 0 Å². The van der Waals surface area contributed by atoms with E-state index in [9.17, 15) is 14.7 Å². The molecule has 0 aromatic rings. The Labute approximate surface area is 95.6 Å². The number of hydrogen-bond donors (Lipinski definition) is 2. The number of carbonyl (C=O) groups excluding carboxylic acids is 2. The fraction of sp³-hybridized carbons (Fsp3) is 0.800. The second kappa shape index (κ2) is 8.06. The summed E-state index contributed by atoms with van der Waals surface area (Å²) in [6.45, 7) is 2.35. The third-order valence-corrected chi connectivity index (χ3v) is 1.86. The van der Waals surface area contributed by atoms with E-state index in [0.717, 1.165) is 0 Å². The number of nitrogens with one attached hydrogen (secondary N) is 1. The standard InChI is InChI=1S/C10H20N2O4/c1-4-16-10(15)5-8(13)6-11-7-9(14)12(2)3/h8,11,13H,4-7H2,1-3H3. The molecule has 0 aliphatic carbocycles. The summed E-state index contributed by atoms with van der Waals surface area (Å²) in [4.78, 5) is 23.6. The Hall–Kier alpha value is -1.14. The first-order valence-corrected chi connectivity index (χ1v) is 5.22. The van der Waals surface area contributed by atoms with Crippen LogP contribution >= 0.6 is 0 Å². The van der Waals surface area contributed by atoms with Gasteiger partial charge >= 0.3 is 5.97 Å². The van der Waals surface area contributed by atoms with Gasteiger partial charge in [0.05, 0.1) is 25.7 Å². The van der Waals surface area contributed by atoms with Gasteiger partial charge in [-0.2, -0.15) is 0 Å². The number of likely N-dealkylation sites (N-methyl/N-ethyl adjacent to an activating group) is 1. The molecule has 0 rings (SSSR count). The Morgan fingerprint density at radius 3 is 2.56 bits per heavy atom. The molecule has 0 heterocycles. The lowest BCUT2D eigenvalue weighted by molar-refractivity contribution is -0.145. The molecular weight excluding hydrogens is 212 g/mol. The van der Waals surface area contributed by atoms with Crippen molar-refractivity contribution < 1.29 is 19.4 Å². The van der Waals surface area contributed by atoms with Gasteiger partial charge in [0.15, 0.2) is 0 Å². The topological polar surface area (TPSA) is 78.9 Å². The van der Waals surface area contributed by atoms with E-state index >= 15 is 0 Å². The van der Waals surface area contributed by atoms with Gasteiger partial charge in [0.25, 0.3) is 0 Å². The molecule has 1 amide bonds. The zero-order valence-electron chi connectivity index (χ0n) is 10.0. The van der Waals surface area contributed by atoms with E-state index in [1.807, 2.05) is 0 Å². The Kier molecular flexibility index (Phi) is 7.49. The van der Waals surface area contributed by atoms with Crippen molar-refractivity contribution in [2.24, 2.45) is 0 Å². The van der Waals surface area contributed by atoms with Crippen LogP contribution in [0, 0.1) is 0 Å². The summed E-state index contributed by atoms with van der Waals surface area (Å²) < 4.78 is 4.68. The SMILES string of the molecule is CCOC(=O)CC(O)CNCC(=O)N(C)C. The van der Waals surface area contributed by atoms with E-state index < -0.39 is 12.1 Å². The maximum absolute atomic E-state index is 11.1. The Bertz CT molecular complexity index is 231. The zero-order valence-corrected chi connectivity index (χ0v) is 10.0. The molecule has 2 N–H and O–H groups in total. The van der Waals surface area contributed by atoms with E-state index in [4.69, 9.17) is 0 Å². The van der Waals surface area contributed by atoms with Crippen LogP contribution in [0.4, 0.5) is 0 Å². The van der Waals surface area contributed by atoms with Gasteiger partial charge in [-0.05, 0) is 6.92 Å². The Morgan fingerprint density at radius 1 is 1.44 bits per heavy atom. The van der Waals surface area contributed by atoms with Crippen LogP contribution in [0.3, 0.4) is 0 Å². The number of rotatable bonds is 7. The molecule has 0 aromatic heterocycles. The number of esters is 1. The number of aliphatic hydroxyl groups is 1. The van der Waals surface area contributed by atoms with Crippen LogP contribution in [0.15, 0.2) is 0 Å². The lowest BCUT2D eigenvalue weighted by Crippen LogP contribution is -2.37. The van der Waals surface area contributed by atoms with Gasteiger partial charge < -0.3 is 20.1 Å². The van der Waals surface area contributed by atoms with E-state index in [0.29, 0.717) is 6.61 Å². The number of nitrogens with zero attached hydrogens (tertiary/aromatic N) is 1. The van der Waals surface area contributed by atoms with Crippen molar-refractivity contribution >= 4 is 11.9 Å². The fourth-order valence-corrected chi connectivity index (χ4v) is 0.988. The highest BCUT2D eigenvalue weighted by atomic mass is 16.5. The van der Waals surface area contributed by atoms with Crippen molar-refractivity contribution in [1.29, 1.82) is 0 Å². The minimum atomic E-state index is -0.825. The van der Waals surface area contributed by atoms with Gasteiger partial charge in [0.1, 0.15) is 0 Å². The minimum Gasteiger partial charge on any atom is -0.466 e. The van der Waals surface area contributed by atoms with Crippen LogP contribution in [0.1, 0.15) is 13.3 Å². The average molecular weight is 232 g/mol. The number of amides is 1. The molecule has 0 saturated heterocycles. The summed E-state index contributed by atoms with van der Waals surface area (Å²) in [7, 11) is 3.30. The predicted molar refractivity (Wildman–Crippen MR) is 58.8 cm³/mol. The molecule has 94 valence electrons. The molecule has 1 atom stereocenters. The molecule has 16 heavy (non-hydrogen) atoms. The van der Waals surface area contributed by atoms with Gasteiger partial charge in [-0.25, -0.2) is 0 Å². The molecule has 6 heteroatoms. The average Bonchev–Trinajstić information content (AvgIpc) is 2.17. The van der Waals surface area contributed by atoms with Gasteiger partial charge in [-0.3, -0.25) is 9.59 Å². The van der Waals surface area contributed by atoms with Gasteiger partial charge in [0.2, 0.25) is 5.91 Å². The molecule has 1 unspecified atom stereocenters.